The van der Waals surface area contributed by atoms with E-state index in [1.165, 1.54) is 0 Å². The molecule has 0 aliphatic rings. The van der Waals surface area contributed by atoms with Crippen LogP contribution < -0.4 is 0 Å². The van der Waals surface area contributed by atoms with E-state index < -0.39 is 0 Å². The van der Waals surface area contributed by atoms with Crippen LogP contribution in [0.25, 0.3) is 5.57 Å². The van der Waals surface area contributed by atoms with Gasteiger partial charge in [0.05, 0.1) is 0 Å². The lowest BCUT2D eigenvalue weighted by Gasteiger charge is -2.06. The SMILES string of the molecule is C/C(=C(\C#N)C(=O)c1ccccc1)c1cccc(Cl)c1. The van der Waals surface area contributed by atoms with Crippen LogP contribution >= 0.6 is 11.6 Å². The number of allylic oxidation sites excluding steroid dienone is 2. The van der Waals surface area contributed by atoms with Crippen molar-refractivity contribution >= 4 is 23.0 Å². The minimum Gasteiger partial charge on any atom is -0.288 e. The van der Waals surface area contributed by atoms with Crippen molar-refractivity contribution in [1.82, 2.24) is 0 Å². The first-order chi connectivity index (χ1) is 9.63. The number of carbonyl (C=O) groups is 1. The van der Waals surface area contributed by atoms with Gasteiger partial charge in [0, 0.05) is 10.6 Å². The first kappa shape index (κ1) is 14.0. The highest BCUT2D eigenvalue weighted by Crippen LogP contribution is 2.23. The van der Waals surface area contributed by atoms with Crippen molar-refractivity contribution in [3.8, 4) is 6.07 Å². The standard InChI is InChI=1S/C17H12ClNO/c1-12(14-8-5-9-15(18)10-14)16(11-19)17(20)13-6-3-2-4-7-13/h2-10H,1H3/b16-12-. The van der Waals surface area contributed by atoms with E-state index in [9.17, 15) is 10.1 Å². The van der Waals surface area contributed by atoms with Gasteiger partial charge in [-0.1, -0.05) is 54.1 Å². The van der Waals surface area contributed by atoms with Gasteiger partial charge in [-0.2, -0.15) is 5.26 Å². The number of carbonyl (C=O) groups excluding carboxylic acids is 1. The lowest BCUT2D eigenvalue weighted by molar-refractivity contribution is 0.103. The molecule has 0 N–H and O–H groups in total. The average Bonchev–Trinajstić information content (AvgIpc) is 2.48. The molecule has 2 rings (SSSR count). The summed E-state index contributed by atoms with van der Waals surface area (Å²) < 4.78 is 0. The Morgan fingerprint density at radius 1 is 1.05 bits per heavy atom. The summed E-state index contributed by atoms with van der Waals surface area (Å²) in [5, 5.41) is 9.87. The molecule has 0 heterocycles. The monoisotopic (exact) mass is 281 g/mol. The molecule has 0 amide bonds. The fourth-order valence-corrected chi connectivity index (χ4v) is 2.10. The molecule has 98 valence electrons. The Kier molecular flexibility index (Phi) is 4.34. The van der Waals surface area contributed by atoms with E-state index in [2.05, 4.69) is 0 Å². The fraction of sp³-hybridized carbons (Fsp3) is 0.0588. The van der Waals surface area contributed by atoms with Crippen LogP contribution in [-0.4, -0.2) is 5.78 Å². The highest BCUT2D eigenvalue weighted by molar-refractivity contribution is 6.30. The van der Waals surface area contributed by atoms with Gasteiger partial charge < -0.3 is 0 Å². The Balaban J connectivity index is 2.49. The summed E-state index contributed by atoms with van der Waals surface area (Å²) in [6.07, 6.45) is 0. The summed E-state index contributed by atoms with van der Waals surface area (Å²) >= 11 is 5.94. The van der Waals surface area contributed by atoms with Crippen LogP contribution in [-0.2, 0) is 0 Å². The predicted octanol–water partition coefficient (Wildman–Crippen LogP) is 4.52. The first-order valence-electron chi connectivity index (χ1n) is 6.10. The van der Waals surface area contributed by atoms with E-state index in [1.807, 2.05) is 18.2 Å². The van der Waals surface area contributed by atoms with Crippen molar-refractivity contribution in [3.63, 3.8) is 0 Å². The normalized spacial score (nSPS) is 11.4. The highest BCUT2D eigenvalue weighted by atomic mass is 35.5. The van der Waals surface area contributed by atoms with Gasteiger partial charge in [0.15, 0.2) is 0 Å². The maximum atomic E-state index is 12.4. The summed E-state index contributed by atoms with van der Waals surface area (Å²) in [7, 11) is 0. The summed E-state index contributed by atoms with van der Waals surface area (Å²) in [6, 6.07) is 17.9. The van der Waals surface area contributed by atoms with Crippen molar-refractivity contribution < 1.29 is 4.79 Å². The number of Topliss-reactive ketones (excluding diaryl/α,β-unsaturated/α-hetero) is 1. The highest BCUT2D eigenvalue weighted by Gasteiger charge is 2.15. The van der Waals surface area contributed by atoms with E-state index in [0.29, 0.717) is 16.2 Å². The Morgan fingerprint density at radius 3 is 2.30 bits per heavy atom. The minimum atomic E-state index is -0.273. The summed E-state index contributed by atoms with van der Waals surface area (Å²) in [5.74, 6) is -0.273. The third kappa shape index (κ3) is 2.96. The largest absolute Gasteiger partial charge is 0.288 e. The Hall–Kier alpha value is -2.37. The molecule has 0 aliphatic carbocycles. The van der Waals surface area contributed by atoms with Crippen LogP contribution in [0.2, 0.25) is 5.02 Å². The predicted molar refractivity (Wildman–Crippen MR) is 80.4 cm³/mol. The second-order valence-corrected chi connectivity index (χ2v) is 4.75. The topological polar surface area (TPSA) is 40.9 Å². The number of hydrogen-bond donors (Lipinski definition) is 0. The zero-order chi connectivity index (χ0) is 14.5. The Morgan fingerprint density at radius 2 is 1.70 bits per heavy atom. The number of nitriles is 1. The van der Waals surface area contributed by atoms with E-state index in [4.69, 9.17) is 11.6 Å². The van der Waals surface area contributed by atoms with E-state index in [0.717, 1.165) is 5.56 Å². The molecule has 0 fully saturated rings. The number of hydrogen-bond acceptors (Lipinski definition) is 2. The quantitative estimate of drug-likeness (QED) is 0.471. The van der Waals surface area contributed by atoms with Gasteiger partial charge in [0.25, 0.3) is 0 Å². The second-order valence-electron chi connectivity index (χ2n) is 4.32. The van der Waals surface area contributed by atoms with E-state index in [1.54, 1.807) is 49.4 Å². The molecule has 2 aromatic rings. The van der Waals surface area contributed by atoms with Crippen LogP contribution in [0.15, 0.2) is 60.2 Å². The molecule has 20 heavy (non-hydrogen) atoms. The van der Waals surface area contributed by atoms with Gasteiger partial charge in [-0.15, -0.1) is 0 Å². The molecule has 0 atom stereocenters. The second kappa shape index (κ2) is 6.18. The van der Waals surface area contributed by atoms with Crippen LogP contribution in [0.3, 0.4) is 0 Å². The van der Waals surface area contributed by atoms with Crippen molar-refractivity contribution in [2.45, 2.75) is 6.92 Å². The third-order valence-corrected chi connectivity index (χ3v) is 3.24. The lowest BCUT2D eigenvalue weighted by atomic mass is 9.96. The molecule has 0 saturated carbocycles. The lowest BCUT2D eigenvalue weighted by Crippen LogP contribution is -2.04. The van der Waals surface area contributed by atoms with E-state index >= 15 is 0 Å². The molecule has 0 unspecified atom stereocenters. The Bertz CT molecular complexity index is 711. The molecular formula is C17H12ClNO. The van der Waals surface area contributed by atoms with Gasteiger partial charge in [0.1, 0.15) is 11.6 Å². The minimum absolute atomic E-state index is 0.137. The third-order valence-electron chi connectivity index (χ3n) is 3.01. The molecule has 2 nitrogen and oxygen atoms in total. The average molecular weight is 282 g/mol. The maximum Gasteiger partial charge on any atom is 0.203 e. The molecule has 0 aliphatic heterocycles. The molecular weight excluding hydrogens is 270 g/mol. The van der Waals surface area contributed by atoms with Gasteiger partial charge in [-0.3, -0.25) is 4.79 Å². The number of halogens is 1. The van der Waals surface area contributed by atoms with Gasteiger partial charge >= 0.3 is 0 Å². The van der Waals surface area contributed by atoms with Crippen molar-refractivity contribution in [2.75, 3.05) is 0 Å². The molecule has 3 heteroatoms. The fourth-order valence-electron chi connectivity index (χ4n) is 1.90. The number of ketones is 1. The molecule has 0 saturated heterocycles. The van der Waals surface area contributed by atoms with E-state index in [-0.39, 0.29) is 11.4 Å². The van der Waals surface area contributed by atoms with Crippen LogP contribution in [0.5, 0.6) is 0 Å². The van der Waals surface area contributed by atoms with Crippen LogP contribution in [0.4, 0.5) is 0 Å². The molecule has 0 radical (unpaired) electrons. The van der Waals surface area contributed by atoms with Crippen molar-refractivity contribution in [3.05, 3.63) is 76.3 Å². The van der Waals surface area contributed by atoms with Crippen LogP contribution in [0.1, 0.15) is 22.8 Å². The molecule has 0 aromatic heterocycles. The Labute approximate surface area is 122 Å². The first-order valence-corrected chi connectivity index (χ1v) is 6.48. The smallest absolute Gasteiger partial charge is 0.203 e. The van der Waals surface area contributed by atoms with Crippen molar-refractivity contribution in [2.24, 2.45) is 0 Å². The number of benzene rings is 2. The maximum absolute atomic E-state index is 12.4. The van der Waals surface area contributed by atoms with Crippen molar-refractivity contribution in [1.29, 1.82) is 5.26 Å². The molecule has 0 spiro atoms. The summed E-state index contributed by atoms with van der Waals surface area (Å²) in [5.41, 5.74) is 2.05. The molecule has 2 aromatic carbocycles. The van der Waals surface area contributed by atoms with Gasteiger partial charge in [-0.05, 0) is 30.2 Å². The summed E-state index contributed by atoms with van der Waals surface area (Å²) in [4.78, 5) is 12.4. The zero-order valence-electron chi connectivity index (χ0n) is 10.9. The van der Waals surface area contributed by atoms with Crippen LogP contribution in [0, 0.1) is 11.3 Å². The molecule has 0 bridgehead atoms. The van der Waals surface area contributed by atoms with Gasteiger partial charge in [-0.25, -0.2) is 0 Å². The summed E-state index contributed by atoms with van der Waals surface area (Å²) in [6.45, 7) is 1.76. The number of rotatable bonds is 3. The zero-order valence-corrected chi connectivity index (χ0v) is 11.7. The van der Waals surface area contributed by atoms with Gasteiger partial charge in [0.2, 0.25) is 5.78 Å². The number of nitrogens with zero attached hydrogens (tertiary/aromatic N) is 1.